The third kappa shape index (κ3) is 3.62. The van der Waals surface area contributed by atoms with Crippen molar-refractivity contribution in [2.24, 2.45) is 4.99 Å². The molecule has 2 aromatic rings. The molecule has 1 atom stereocenters. The summed E-state index contributed by atoms with van der Waals surface area (Å²) in [6.07, 6.45) is 0. The Morgan fingerprint density at radius 3 is 2.62 bits per heavy atom. The summed E-state index contributed by atoms with van der Waals surface area (Å²) in [5.41, 5.74) is 3.12. The van der Waals surface area contributed by atoms with Crippen molar-refractivity contribution in [1.29, 1.82) is 0 Å². The summed E-state index contributed by atoms with van der Waals surface area (Å²) in [6, 6.07) is 16.1. The molecule has 4 nitrogen and oxygen atoms in total. The van der Waals surface area contributed by atoms with Gasteiger partial charge in [0.05, 0.1) is 18.8 Å². The Morgan fingerprint density at radius 1 is 1.25 bits per heavy atom. The summed E-state index contributed by atoms with van der Waals surface area (Å²) in [5, 5.41) is 0. The molecular formula is C18H18BrClN2O2. The number of benzene rings is 2. The molecule has 1 aliphatic heterocycles. The van der Waals surface area contributed by atoms with Crippen LogP contribution in [0.5, 0.6) is 0 Å². The van der Waals surface area contributed by atoms with Gasteiger partial charge >= 0.3 is 5.97 Å². The molecule has 1 aliphatic rings. The normalized spacial score (nSPS) is 15.9. The summed E-state index contributed by atoms with van der Waals surface area (Å²) in [6.45, 7) is 2.08. The van der Waals surface area contributed by atoms with E-state index in [1.165, 1.54) is 7.11 Å². The van der Waals surface area contributed by atoms with Crippen LogP contribution >= 0.6 is 28.3 Å². The average Bonchev–Trinajstić information content (AvgIpc) is 2.56. The van der Waals surface area contributed by atoms with Crippen molar-refractivity contribution in [3.63, 3.8) is 0 Å². The van der Waals surface area contributed by atoms with Crippen molar-refractivity contribution in [3.8, 4) is 0 Å². The summed E-state index contributed by atoms with van der Waals surface area (Å²) in [7, 11) is 1.40. The number of rotatable bonds is 3. The van der Waals surface area contributed by atoms with E-state index in [-0.39, 0.29) is 31.0 Å². The third-order valence-electron chi connectivity index (χ3n) is 3.94. The van der Waals surface area contributed by atoms with E-state index < -0.39 is 0 Å². The van der Waals surface area contributed by atoms with E-state index >= 15 is 0 Å². The lowest BCUT2D eigenvalue weighted by Crippen LogP contribution is -2.40. The molecule has 0 amide bonds. The number of amidine groups is 1. The maximum absolute atomic E-state index is 11.9. The molecule has 0 radical (unpaired) electrons. The van der Waals surface area contributed by atoms with Crippen LogP contribution in [0.2, 0.25) is 0 Å². The molecule has 0 N–H and O–H groups in total. The summed E-state index contributed by atoms with van der Waals surface area (Å²) < 4.78 is 5.84. The molecule has 3 rings (SSSR count). The molecule has 0 aliphatic carbocycles. The lowest BCUT2D eigenvalue weighted by Gasteiger charge is -2.37. The van der Waals surface area contributed by atoms with Crippen LogP contribution in [-0.2, 0) is 9.53 Å². The van der Waals surface area contributed by atoms with Gasteiger partial charge in [0.25, 0.3) is 0 Å². The van der Waals surface area contributed by atoms with Gasteiger partial charge in [0.1, 0.15) is 12.4 Å². The van der Waals surface area contributed by atoms with Crippen LogP contribution in [0.4, 0.5) is 5.69 Å². The molecule has 0 saturated heterocycles. The number of hydrogen-bond donors (Lipinski definition) is 0. The van der Waals surface area contributed by atoms with Gasteiger partial charge < -0.3 is 9.64 Å². The van der Waals surface area contributed by atoms with Gasteiger partial charge in [-0.25, -0.2) is 4.99 Å². The number of aliphatic imine (C=N–C) groups is 1. The zero-order valence-corrected chi connectivity index (χ0v) is 15.8. The minimum absolute atomic E-state index is 0. The van der Waals surface area contributed by atoms with Crippen LogP contribution in [0.25, 0.3) is 0 Å². The van der Waals surface area contributed by atoms with Crippen molar-refractivity contribution < 1.29 is 9.53 Å². The zero-order chi connectivity index (χ0) is 16.4. The standard InChI is InChI=1S/C18H17BrN2O2.ClH/c1-12-20-16-9-8-14(19)10-15(16)18(13-6-4-3-5-7-13)21(12)11-17(22)23-2;/h3-10,18H,11H2,1-2H3;1H. The van der Waals surface area contributed by atoms with Crippen molar-refractivity contribution in [2.75, 3.05) is 13.7 Å². The Hall–Kier alpha value is -1.85. The van der Waals surface area contributed by atoms with Gasteiger partial charge in [-0.1, -0.05) is 46.3 Å². The Morgan fingerprint density at radius 2 is 1.96 bits per heavy atom. The molecule has 24 heavy (non-hydrogen) atoms. The van der Waals surface area contributed by atoms with E-state index in [0.29, 0.717) is 0 Å². The van der Waals surface area contributed by atoms with E-state index in [4.69, 9.17) is 4.74 Å². The Kier molecular flexibility index (Phi) is 6.02. The second-order valence-electron chi connectivity index (χ2n) is 5.38. The molecule has 1 heterocycles. The number of esters is 1. The monoisotopic (exact) mass is 408 g/mol. The lowest BCUT2D eigenvalue weighted by atomic mass is 9.94. The maximum Gasteiger partial charge on any atom is 0.325 e. The largest absolute Gasteiger partial charge is 0.468 e. The van der Waals surface area contributed by atoms with Gasteiger partial charge in [-0.3, -0.25) is 4.79 Å². The first kappa shape index (κ1) is 18.5. The highest BCUT2D eigenvalue weighted by Crippen LogP contribution is 2.40. The summed E-state index contributed by atoms with van der Waals surface area (Å²) in [4.78, 5) is 18.5. The van der Waals surface area contributed by atoms with Crippen molar-refractivity contribution in [1.82, 2.24) is 4.90 Å². The summed E-state index contributed by atoms with van der Waals surface area (Å²) in [5.74, 6) is 0.526. The van der Waals surface area contributed by atoms with Crippen LogP contribution in [-0.4, -0.2) is 30.4 Å². The Labute approximate surface area is 156 Å². The molecule has 6 heteroatoms. The highest BCUT2D eigenvalue weighted by atomic mass is 79.9. The molecule has 1 unspecified atom stereocenters. The molecule has 2 aromatic carbocycles. The Balaban J connectivity index is 0.00000208. The first-order valence-corrected chi connectivity index (χ1v) is 8.12. The number of fused-ring (bicyclic) bond motifs is 1. The minimum Gasteiger partial charge on any atom is -0.468 e. The number of ether oxygens (including phenoxy) is 1. The van der Waals surface area contributed by atoms with Crippen LogP contribution in [0.15, 0.2) is 58.0 Å². The number of halogens is 2. The first-order chi connectivity index (χ1) is 11.1. The number of carbonyl (C=O) groups excluding carboxylic acids is 1. The number of nitrogens with zero attached hydrogens (tertiary/aromatic N) is 2. The molecule has 0 bridgehead atoms. The summed E-state index contributed by atoms with van der Waals surface area (Å²) >= 11 is 3.53. The van der Waals surface area contributed by atoms with Gasteiger partial charge in [0.15, 0.2) is 0 Å². The number of carbonyl (C=O) groups is 1. The zero-order valence-electron chi connectivity index (χ0n) is 13.4. The smallest absolute Gasteiger partial charge is 0.325 e. The molecular weight excluding hydrogens is 392 g/mol. The predicted octanol–water partition coefficient (Wildman–Crippen LogP) is 4.50. The maximum atomic E-state index is 11.9. The van der Waals surface area contributed by atoms with Gasteiger partial charge in [-0.2, -0.15) is 0 Å². The van der Waals surface area contributed by atoms with E-state index in [2.05, 4.69) is 39.1 Å². The average molecular weight is 410 g/mol. The number of hydrogen-bond acceptors (Lipinski definition) is 4. The van der Waals surface area contributed by atoms with Crippen LogP contribution in [0, 0.1) is 0 Å². The van der Waals surface area contributed by atoms with Gasteiger partial charge in [-0.15, -0.1) is 12.4 Å². The van der Waals surface area contributed by atoms with Gasteiger partial charge in [0, 0.05) is 10.0 Å². The molecule has 0 aromatic heterocycles. The second kappa shape index (κ2) is 7.81. The predicted molar refractivity (Wildman–Crippen MR) is 101 cm³/mol. The van der Waals surface area contributed by atoms with E-state index in [0.717, 1.165) is 27.1 Å². The fraction of sp³-hybridized carbons (Fsp3) is 0.222. The second-order valence-corrected chi connectivity index (χ2v) is 6.30. The SMILES string of the molecule is COC(=O)CN1C(C)=Nc2ccc(Br)cc2C1c1ccccc1.Cl. The van der Waals surface area contributed by atoms with Crippen LogP contribution < -0.4 is 0 Å². The molecule has 0 saturated carbocycles. The molecule has 0 fully saturated rings. The van der Waals surface area contributed by atoms with E-state index in [1.807, 2.05) is 42.2 Å². The number of methoxy groups -OCH3 is 1. The Bertz CT molecular complexity index is 765. The van der Waals surface area contributed by atoms with Gasteiger partial charge in [-0.05, 0) is 30.7 Å². The van der Waals surface area contributed by atoms with Crippen LogP contribution in [0.1, 0.15) is 24.1 Å². The van der Waals surface area contributed by atoms with Crippen molar-refractivity contribution in [3.05, 3.63) is 64.1 Å². The molecule has 126 valence electrons. The molecule has 0 spiro atoms. The first-order valence-electron chi connectivity index (χ1n) is 7.33. The fourth-order valence-electron chi connectivity index (χ4n) is 2.84. The van der Waals surface area contributed by atoms with E-state index in [1.54, 1.807) is 0 Å². The van der Waals surface area contributed by atoms with Gasteiger partial charge in [0.2, 0.25) is 0 Å². The van der Waals surface area contributed by atoms with Crippen LogP contribution in [0.3, 0.4) is 0 Å². The third-order valence-corrected chi connectivity index (χ3v) is 4.43. The lowest BCUT2D eigenvalue weighted by molar-refractivity contribution is -0.141. The van der Waals surface area contributed by atoms with E-state index in [9.17, 15) is 4.79 Å². The minimum atomic E-state index is -0.279. The highest BCUT2D eigenvalue weighted by Gasteiger charge is 2.31. The van der Waals surface area contributed by atoms with Crippen molar-refractivity contribution >= 4 is 45.8 Å². The fourth-order valence-corrected chi connectivity index (χ4v) is 3.22. The quantitative estimate of drug-likeness (QED) is 0.701. The van der Waals surface area contributed by atoms with Crippen molar-refractivity contribution in [2.45, 2.75) is 13.0 Å². The highest BCUT2D eigenvalue weighted by molar-refractivity contribution is 9.10. The topological polar surface area (TPSA) is 41.9 Å².